The monoisotopic (exact) mass is 192 g/mol. The average Bonchev–Trinajstić information content (AvgIpc) is 1.19. The number of carbonyl (C=O) groups excluding carboxylic acids is 1. The van der Waals surface area contributed by atoms with E-state index in [0.29, 0.717) is 0 Å². The maximum atomic E-state index is 9.44. The predicted molar refractivity (Wildman–Crippen MR) is 37.8 cm³/mol. The molecule has 0 spiro atoms. The van der Waals surface area contributed by atoms with Crippen molar-refractivity contribution in [1.82, 2.24) is 0 Å². The van der Waals surface area contributed by atoms with Crippen LogP contribution in [-0.4, -0.2) is 23.3 Å². The van der Waals surface area contributed by atoms with Crippen molar-refractivity contribution in [3.8, 4) is 0 Å². The van der Waals surface area contributed by atoms with Crippen LogP contribution in [0, 0.1) is 0 Å². The molecule has 0 saturated carbocycles. The van der Waals surface area contributed by atoms with Gasteiger partial charge in [0, 0.05) is 0 Å². The molecule has 0 aromatic rings. The lowest BCUT2D eigenvalue weighted by atomic mass is 10.6. The van der Waals surface area contributed by atoms with E-state index in [1.54, 1.807) is 0 Å². The first-order valence-electron chi connectivity index (χ1n) is 1.90. The van der Waals surface area contributed by atoms with E-state index in [-0.39, 0.29) is 18.2 Å². The van der Waals surface area contributed by atoms with Crippen molar-refractivity contribution in [1.29, 1.82) is 0 Å². The summed E-state index contributed by atoms with van der Waals surface area (Å²) in [6.45, 7) is 3.06. The third-order valence-electron chi connectivity index (χ3n) is 0. The first-order chi connectivity index (χ1) is 3.73. The van der Waals surface area contributed by atoms with Crippen LogP contribution in [0.25, 0.3) is 0 Å². The van der Waals surface area contributed by atoms with E-state index in [2.05, 4.69) is 0 Å². The highest BCUT2D eigenvalue weighted by molar-refractivity contribution is 7.79. The topological polar surface area (TPSA) is 91.7 Å². The summed E-state index contributed by atoms with van der Waals surface area (Å²) in [6.07, 6.45) is 0. The number of carbonyl (C=O) groups is 1. The summed E-state index contributed by atoms with van der Waals surface area (Å²) in [4.78, 5) is 9.44. The van der Waals surface area contributed by atoms with Gasteiger partial charge in [-0.1, -0.05) is 0 Å². The van der Waals surface area contributed by atoms with Crippen LogP contribution in [0.5, 0.6) is 0 Å². The molecule has 10 heavy (non-hydrogen) atoms. The number of rotatable bonds is 0. The van der Waals surface area contributed by atoms with Gasteiger partial charge < -0.3 is 4.79 Å². The van der Waals surface area contributed by atoms with E-state index in [1.165, 1.54) is 13.8 Å². The molecular formula is C3H9ClO5S. The molecule has 0 bridgehead atoms. The van der Waals surface area contributed by atoms with Crippen molar-refractivity contribution >= 4 is 28.6 Å². The second-order valence-corrected chi connectivity index (χ2v) is 2.25. The molecule has 7 heteroatoms. The zero-order chi connectivity index (χ0) is 8.08. The van der Waals surface area contributed by atoms with Gasteiger partial charge in [0.2, 0.25) is 0 Å². The quantitative estimate of drug-likeness (QED) is 0.541. The lowest BCUT2D eigenvalue weighted by Crippen LogP contribution is -1.89. The zero-order valence-corrected chi connectivity index (χ0v) is 7.07. The summed E-state index contributed by atoms with van der Waals surface area (Å²) in [5.41, 5.74) is 0. The van der Waals surface area contributed by atoms with Gasteiger partial charge in [0.15, 0.2) is 0 Å². The molecule has 0 atom stereocenters. The van der Waals surface area contributed by atoms with Crippen molar-refractivity contribution in [2.75, 3.05) is 0 Å². The van der Waals surface area contributed by atoms with Crippen LogP contribution in [0.4, 0.5) is 0 Å². The Kier molecular flexibility index (Phi) is 11.4. The molecule has 0 heterocycles. The third-order valence-corrected chi connectivity index (χ3v) is 0. The van der Waals surface area contributed by atoms with Gasteiger partial charge in [0.05, 0.1) is 0 Å². The summed E-state index contributed by atoms with van der Waals surface area (Å²) in [7, 11) is -4.67. The van der Waals surface area contributed by atoms with Gasteiger partial charge >= 0.3 is 10.4 Å². The van der Waals surface area contributed by atoms with E-state index in [1.807, 2.05) is 0 Å². The van der Waals surface area contributed by atoms with Gasteiger partial charge in [-0.05, 0) is 13.8 Å². The molecule has 0 aliphatic rings. The Morgan fingerprint density at radius 1 is 1.20 bits per heavy atom. The molecule has 0 saturated heterocycles. The standard InChI is InChI=1S/C3H6O.ClH.H2O4S/c1-3(2)4;;1-5(2,3)4/h1-2H3;1H;(H2,1,2,3,4). The molecule has 5 nitrogen and oxygen atoms in total. The minimum absolute atomic E-state index is 0. The summed E-state index contributed by atoms with van der Waals surface area (Å²) in [6, 6.07) is 0. The largest absolute Gasteiger partial charge is 0.394 e. The van der Waals surface area contributed by atoms with Crippen molar-refractivity contribution < 1.29 is 22.3 Å². The van der Waals surface area contributed by atoms with Crippen LogP contribution in [0.2, 0.25) is 0 Å². The number of Topliss-reactive ketones (excluding diaryl/α,β-unsaturated/α-hetero) is 1. The Morgan fingerprint density at radius 2 is 1.20 bits per heavy atom. The minimum Gasteiger partial charge on any atom is -0.300 e. The van der Waals surface area contributed by atoms with Gasteiger partial charge in [-0.25, -0.2) is 0 Å². The second-order valence-electron chi connectivity index (χ2n) is 1.36. The Labute approximate surface area is 65.4 Å². The van der Waals surface area contributed by atoms with Crippen molar-refractivity contribution in [2.45, 2.75) is 13.8 Å². The van der Waals surface area contributed by atoms with Crippen LogP contribution < -0.4 is 0 Å². The summed E-state index contributed by atoms with van der Waals surface area (Å²) >= 11 is 0. The van der Waals surface area contributed by atoms with Crippen LogP contribution >= 0.6 is 12.4 Å². The Morgan fingerprint density at radius 3 is 1.20 bits per heavy atom. The first kappa shape index (κ1) is 16.4. The molecule has 0 radical (unpaired) electrons. The Balaban J connectivity index is -0.0000000910. The number of ketones is 1. The summed E-state index contributed by atoms with van der Waals surface area (Å²) in [5.74, 6) is 0.167. The maximum absolute atomic E-state index is 9.44. The molecule has 2 N–H and O–H groups in total. The Bertz CT molecular complexity index is 159. The van der Waals surface area contributed by atoms with Gasteiger partial charge in [-0.2, -0.15) is 8.42 Å². The van der Waals surface area contributed by atoms with Crippen molar-refractivity contribution in [3.05, 3.63) is 0 Å². The SMILES string of the molecule is CC(C)=O.Cl.O=S(=O)(O)O. The highest BCUT2D eigenvalue weighted by Gasteiger charge is 1.84. The maximum Gasteiger partial charge on any atom is 0.394 e. The van der Waals surface area contributed by atoms with Crippen molar-refractivity contribution in [3.63, 3.8) is 0 Å². The third kappa shape index (κ3) is 12600. The second kappa shape index (κ2) is 6.94. The Hall–Kier alpha value is -0.170. The van der Waals surface area contributed by atoms with Crippen LogP contribution in [0.15, 0.2) is 0 Å². The molecular weight excluding hydrogens is 184 g/mol. The van der Waals surface area contributed by atoms with Crippen molar-refractivity contribution in [2.24, 2.45) is 0 Å². The van der Waals surface area contributed by atoms with Gasteiger partial charge in [0.25, 0.3) is 0 Å². The molecule has 0 aliphatic heterocycles. The molecule has 0 aromatic heterocycles. The molecule has 0 rings (SSSR count). The fraction of sp³-hybridized carbons (Fsp3) is 0.667. The van der Waals surface area contributed by atoms with Crippen LogP contribution in [0.1, 0.15) is 13.8 Å². The van der Waals surface area contributed by atoms with Crippen LogP contribution in [-0.2, 0) is 15.2 Å². The van der Waals surface area contributed by atoms with E-state index < -0.39 is 10.4 Å². The lowest BCUT2D eigenvalue weighted by Gasteiger charge is -1.68. The van der Waals surface area contributed by atoms with E-state index in [0.717, 1.165) is 0 Å². The van der Waals surface area contributed by atoms with E-state index in [9.17, 15) is 4.79 Å². The van der Waals surface area contributed by atoms with Crippen LogP contribution in [0.3, 0.4) is 0 Å². The molecule has 0 amide bonds. The zero-order valence-electron chi connectivity index (χ0n) is 5.44. The predicted octanol–water partition coefficient (Wildman–Crippen LogP) is 0.364. The van der Waals surface area contributed by atoms with Gasteiger partial charge in [-0.3, -0.25) is 9.11 Å². The number of halogens is 1. The molecule has 0 aromatic carbocycles. The van der Waals surface area contributed by atoms with Gasteiger partial charge in [0.1, 0.15) is 5.78 Å². The lowest BCUT2D eigenvalue weighted by molar-refractivity contribution is -0.114. The summed E-state index contributed by atoms with van der Waals surface area (Å²) < 4.78 is 31.6. The molecule has 0 aliphatic carbocycles. The smallest absolute Gasteiger partial charge is 0.300 e. The first-order valence-corrected chi connectivity index (χ1v) is 3.30. The normalized spacial score (nSPS) is 8.40. The fourth-order valence-electron chi connectivity index (χ4n) is 0. The van der Waals surface area contributed by atoms with Gasteiger partial charge in [-0.15, -0.1) is 12.4 Å². The highest BCUT2D eigenvalue weighted by Crippen LogP contribution is 1.59. The fourth-order valence-corrected chi connectivity index (χ4v) is 0. The minimum atomic E-state index is -4.67. The van der Waals surface area contributed by atoms with E-state index >= 15 is 0 Å². The molecule has 0 fully saturated rings. The molecule has 0 unspecified atom stereocenters. The summed E-state index contributed by atoms with van der Waals surface area (Å²) in [5, 5.41) is 0. The number of hydrogen-bond donors (Lipinski definition) is 2. The number of hydrogen-bond acceptors (Lipinski definition) is 3. The van der Waals surface area contributed by atoms with E-state index in [4.69, 9.17) is 17.5 Å². The highest BCUT2D eigenvalue weighted by atomic mass is 35.5. The molecule has 64 valence electrons. The average molecular weight is 193 g/mol.